The lowest BCUT2D eigenvalue weighted by Crippen LogP contribution is -2.37. The topological polar surface area (TPSA) is 90.3 Å². The van der Waals surface area contributed by atoms with Crippen molar-refractivity contribution in [1.29, 1.82) is 0 Å². The molecule has 1 aromatic heterocycles. The van der Waals surface area contributed by atoms with Crippen LogP contribution in [0.3, 0.4) is 0 Å². The van der Waals surface area contributed by atoms with Gasteiger partial charge in [0.2, 0.25) is 5.95 Å². The fourth-order valence-electron chi connectivity index (χ4n) is 1.23. The minimum atomic E-state index is -1.16. The highest BCUT2D eigenvalue weighted by atomic mass is 16.3. The maximum absolute atomic E-state index is 9.65. The monoisotopic (exact) mass is 240 g/mol. The third-order valence-corrected chi connectivity index (χ3v) is 2.18. The lowest BCUT2D eigenvalue weighted by molar-refractivity contribution is 0.0131. The Morgan fingerprint density at radius 3 is 2.65 bits per heavy atom. The molecule has 17 heavy (non-hydrogen) atoms. The number of aliphatic hydroxyl groups is 2. The molecule has 0 saturated heterocycles. The fraction of sp³-hybridized carbons (Fsp3) is 0.636. The zero-order valence-corrected chi connectivity index (χ0v) is 10.5. The van der Waals surface area contributed by atoms with E-state index in [2.05, 4.69) is 20.6 Å². The quantitative estimate of drug-likeness (QED) is 0.574. The maximum atomic E-state index is 9.65. The van der Waals surface area contributed by atoms with Crippen LogP contribution >= 0.6 is 0 Å². The molecular weight excluding hydrogens is 220 g/mol. The van der Waals surface area contributed by atoms with Crippen molar-refractivity contribution in [3.05, 3.63) is 11.8 Å². The highest BCUT2D eigenvalue weighted by Gasteiger charge is 2.18. The molecule has 0 aliphatic carbocycles. The summed E-state index contributed by atoms with van der Waals surface area (Å²) in [6, 6.07) is 1.79. The van der Waals surface area contributed by atoms with E-state index in [4.69, 9.17) is 5.11 Å². The molecule has 1 heterocycles. The van der Waals surface area contributed by atoms with E-state index in [1.54, 1.807) is 13.0 Å². The highest BCUT2D eigenvalue weighted by Crippen LogP contribution is 2.11. The van der Waals surface area contributed by atoms with Crippen molar-refractivity contribution in [3.63, 3.8) is 0 Å². The molecule has 0 spiro atoms. The van der Waals surface area contributed by atoms with E-state index in [-0.39, 0.29) is 13.2 Å². The molecule has 0 radical (unpaired) electrons. The Hall–Kier alpha value is -1.40. The molecule has 1 atom stereocenters. The second kappa shape index (κ2) is 5.79. The number of rotatable bonds is 6. The zero-order chi connectivity index (χ0) is 12.9. The van der Waals surface area contributed by atoms with Gasteiger partial charge in [0.05, 0.1) is 6.61 Å². The predicted octanol–water partition coefficient (Wildman–Crippen LogP) is 0.372. The van der Waals surface area contributed by atoms with Crippen LogP contribution in [0.25, 0.3) is 0 Å². The summed E-state index contributed by atoms with van der Waals surface area (Å²) in [4.78, 5) is 8.45. The highest BCUT2D eigenvalue weighted by molar-refractivity contribution is 5.42. The molecule has 96 valence electrons. The lowest BCUT2D eigenvalue weighted by Gasteiger charge is -2.21. The van der Waals surface area contributed by atoms with Gasteiger partial charge in [0.15, 0.2) is 0 Å². The van der Waals surface area contributed by atoms with Gasteiger partial charge >= 0.3 is 0 Å². The van der Waals surface area contributed by atoms with Gasteiger partial charge in [0, 0.05) is 24.8 Å². The third-order valence-electron chi connectivity index (χ3n) is 2.18. The van der Waals surface area contributed by atoms with Crippen LogP contribution in [-0.4, -0.2) is 45.5 Å². The average molecular weight is 240 g/mol. The Morgan fingerprint density at radius 1 is 1.35 bits per heavy atom. The standard InChI is InChI=1S/C11H20N4O2/c1-4-12-10-14-8(2)5-9(15-10)13-6-11(3,17)7-16/h5,16-17H,4,6-7H2,1-3H3,(H2,12,13,14,15). The van der Waals surface area contributed by atoms with E-state index in [1.807, 2.05) is 13.8 Å². The summed E-state index contributed by atoms with van der Waals surface area (Å²) in [5.74, 6) is 1.18. The largest absolute Gasteiger partial charge is 0.393 e. The van der Waals surface area contributed by atoms with Crippen LogP contribution in [0.4, 0.5) is 11.8 Å². The Balaban J connectivity index is 2.70. The molecular formula is C11H20N4O2. The van der Waals surface area contributed by atoms with Crippen LogP contribution in [0.5, 0.6) is 0 Å². The number of anilines is 2. The van der Waals surface area contributed by atoms with Gasteiger partial charge < -0.3 is 20.8 Å². The van der Waals surface area contributed by atoms with Crippen LogP contribution in [-0.2, 0) is 0 Å². The number of aromatic nitrogens is 2. The molecule has 6 nitrogen and oxygen atoms in total. The number of nitrogens with zero attached hydrogens (tertiary/aromatic N) is 2. The molecule has 0 aliphatic heterocycles. The summed E-state index contributed by atoms with van der Waals surface area (Å²) in [5, 5.41) is 24.6. The summed E-state index contributed by atoms with van der Waals surface area (Å²) >= 11 is 0. The van der Waals surface area contributed by atoms with Crippen molar-refractivity contribution in [2.24, 2.45) is 0 Å². The Kier molecular flexibility index (Phi) is 4.65. The van der Waals surface area contributed by atoms with Gasteiger partial charge in [-0.3, -0.25) is 0 Å². The normalized spacial score (nSPS) is 14.2. The summed E-state index contributed by atoms with van der Waals surface area (Å²) in [5.41, 5.74) is -0.320. The van der Waals surface area contributed by atoms with Crippen molar-refractivity contribution in [1.82, 2.24) is 9.97 Å². The average Bonchev–Trinajstić information content (AvgIpc) is 2.26. The van der Waals surface area contributed by atoms with Crippen LogP contribution in [0.2, 0.25) is 0 Å². The molecule has 0 amide bonds. The Morgan fingerprint density at radius 2 is 2.06 bits per heavy atom. The minimum absolute atomic E-state index is 0.228. The number of aryl methyl sites for hydroxylation is 1. The van der Waals surface area contributed by atoms with Gasteiger partial charge in [-0.05, 0) is 20.8 Å². The molecule has 1 aromatic rings. The fourth-order valence-corrected chi connectivity index (χ4v) is 1.23. The van der Waals surface area contributed by atoms with Crippen LogP contribution in [0, 0.1) is 6.92 Å². The minimum Gasteiger partial charge on any atom is -0.393 e. The van der Waals surface area contributed by atoms with Gasteiger partial charge in [-0.25, -0.2) is 4.98 Å². The summed E-state index contributed by atoms with van der Waals surface area (Å²) in [7, 11) is 0. The summed E-state index contributed by atoms with van der Waals surface area (Å²) in [6.07, 6.45) is 0. The first kappa shape index (κ1) is 13.7. The summed E-state index contributed by atoms with van der Waals surface area (Å²) < 4.78 is 0. The van der Waals surface area contributed by atoms with E-state index in [9.17, 15) is 5.11 Å². The third kappa shape index (κ3) is 4.54. The smallest absolute Gasteiger partial charge is 0.224 e. The molecule has 0 bridgehead atoms. The molecule has 6 heteroatoms. The van der Waals surface area contributed by atoms with E-state index in [0.717, 1.165) is 12.2 Å². The van der Waals surface area contributed by atoms with Crippen molar-refractivity contribution >= 4 is 11.8 Å². The van der Waals surface area contributed by atoms with Gasteiger partial charge in [0.1, 0.15) is 11.4 Å². The van der Waals surface area contributed by atoms with E-state index < -0.39 is 5.60 Å². The van der Waals surface area contributed by atoms with E-state index >= 15 is 0 Å². The molecule has 1 unspecified atom stereocenters. The van der Waals surface area contributed by atoms with Gasteiger partial charge in [-0.1, -0.05) is 0 Å². The van der Waals surface area contributed by atoms with E-state index in [1.165, 1.54) is 0 Å². The first-order valence-corrected chi connectivity index (χ1v) is 5.63. The molecule has 0 aliphatic rings. The van der Waals surface area contributed by atoms with Crippen molar-refractivity contribution in [3.8, 4) is 0 Å². The van der Waals surface area contributed by atoms with Gasteiger partial charge in [-0.2, -0.15) is 4.98 Å². The number of hydrogen-bond acceptors (Lipinski definition) is 6. The second-order valence-corrected chi connectivity index (χ2v) is 4.26. The van der Waals surface area contributed by atoms with Crippen molar-refractivity contribution < 1.29 is 10.2 Å². The van der Waals surface area contributed by atoms with Crippen LogP contribution in [0.15, 0.2) is 6.07 Å². The predicted molar refractivity (Wildman–Crippen MR) is 67.1 cm³/mol. The first-order chi connectivity index (χ1) is 7.96. The van der Waals surface area contributed by atoms with Crippen molar-refractivity contribution in [2.45, 2.75) is 26.4 Å². The first-order valence-electron chi connectivity index (χ1n) is 5.63. The lowest BCUT2D eigenvalue weighted by atomic mass is 10.1. The Labute approximate surface area is 101 Å². The molecule has 4 N–H and O–H groups in total. The Bertz CT molecular complexity index is 368. The summed E-state index contributed by atoms with van der Waals surface area (Å²) in [6.45, 7) is 6.07. The molecule has 1 rings (SSSR count). The maximum Gasteiger partial charge on any atom is 0.224 e. The van der Waals surface area contributed by atoms with E-state index in [0.29, 0.717) is 11.8 Å². The number of aliphatic hydroxyl groups excluding tert-OH is 1. The molecule has 0 aromatic carbocycles. The number of hydrogen-bond donors (Lipinski definition) is 4. The SMILES string of the molecule is CCNc1nc(C)cc(NCC(C)(O)CO)n1. The molecule has 0 fully saturated rings. The van der Waals surface area contributed by atoms with Crippen molar-refractivity contribution in [2.75, 3.05) is 30.3 Å². The van der Waals surface area contributed by atoms with Gasteiger partial charge in [0.25, 0.3) is 0 Å². The van der Waals surface area contributed by atoms with Crippen LogP contribution < -0.4 is 10.6 Å². The zero-order valence-electron chi connectivity index (χ0n) is 10.5. The van der Waals surface area contributed by atoms with Gasteiger partial charge in [-0.15, -0.1) is 0 Å². The number of nitrogens with one attached hydrogen (secondary N) is 2. The second-order valence-electron chi connectivity index (χ2n) is 4.26. The molecule has 0 saturated carbocycles. The van der Waals surface area contributed by atoms with Crippen LogP contribution in [0.1, 0.15) is 19.5 Å².